The molecule has 0 fully saturated rings. The molecule has 2 aromatic rings. The molecule has 138 valence electrons. The average Bonchev–Trinajstić information content (AvgIpc) is 2.54. The van der Waals surface area contributed by atoms with Crippen LogP contribution in [0.3, 0.4) is 0 Å². The maximum atomic E-state index is 13.1. The first kappa shape index (κ1) is 19.4. The van der Waals surface area contributed by atoms with Gasteiger partial charge in [-0.1, -0.05) is 18.2 Å². The van der Waals surface area contributed by atoms with Gasteiger partial charge in [0.15, 0.2) is 0 Å². The molecule has 0 aliphatic heterocycles. The van der Waals surface area contributed by atoms with Gasteiger partial charge in [0.05, 0.1) is 11.3 Å². The molecular weight excluding hydrogens is 352 g/mol. The minimum absolute atomic E-state index is 0.222. The van der Waals surface area contributed by atoms with E-state index in [4.69, 9.17) is 0 Å². The molecule has 2 amide bonds. The number of carbonyl (C=O) groups excluding carboxylic acids is 2. The zero-order valence-electron chi connectivity index (χ0n) is 13.8. The van der Waals surface area contributed by atoms with Crippen LogP contribution >= 0.6 is 0 Å². The lowest BCUT2D eigenvalue weighted by Crippen LogP contribution is -2.33. The van der Waals surface area contributed by atoms with Crippen LogP contribution in [0.2, 0.25) is 0 Å². The summed E-state index contributed by atoms with van der Waals surface area (Å²) in [5, 5.41) is 2.43. The van der Waals surface area contributed by atoms with Gasteiger partial charge in [-0.25, -0.2) is 4.39 Å². The highest BCUT2D eigenvalue weighted by molar-refractivity contribution is 5.95. The van der Waals surface area contributed by atoms with Gasteiger partial charge in [-0.05, 0) is 30.3 Å². The highest BCUT2D eigenvalue weighted by Gasteiger charge is 2.35. The summed E-state index contributed by atoms with van der Waals surface area (Å²) in [6, 6.07) is 9.86. The fraction of sp³-hybridized carbons (Fsp3) is 0.222. The fourth-order valence-corrected chi connectivity index (χ4v) is 2.40. The van der Waals surface area contributed by atoms with Crippen LogP contribution in [0.25, 0.3) is 0 Å². The van der Waals surface area contributed by atoms with Crippen molar-refractivity contribution in [3.63, 3.8) is 0 Å². The van der Waals surface area contributed by atoms with Crippen LogP contribution in [-0.2, 0) is 15.8 Å². The maximum absolute atomic E-state index is 13.1. The quantitative estimate of drug-likeness (QED) is 0.803. The molecule has 1 N–H and O–H groups in total. The van der Waals surface area contributed by atoms with Crippen molar-refractivity contribution in [1.82, 2.24) is 0 Å². The molecule has 0 atom stereocenters. The van der Waals surface area contributed by atoms with E-state index in [9.17, 15) is 27.2 Å². The second kappa shape index (κ2) is 7.99. The number of nitrogens with zero attached hydrogens (tertiary/aromatic N) is 1. The molecule has 4 nitrogen and oxygen atoms in total. The highest BCUT2D eigenvalue weighted by Crippen LogP contribution is 2.36. The molecule has 0 bridgehead atoms. The van der Waals surface area contributed by atoms with Crippen molar-refractivity contribution in [1.29, 1.82) is 0 Å². The number of benzene rings is 2. The van der Waals surface area contributed by atoms with Gasteiger partial charge in [-0.2, -0.15) is 13.2 Å². The summed E-state index contributed by atoms with van der Waals surface area (Å²) < 4.78 is 52.5. The third-order valence-corrected chi connectivity index (χ3v) is 3.55. The van der Waals surface area contributed by atoms with Gasteiger partial charge in [0, 0.05) is 25.6 Å². The van der Waals surface area contributed by atoms with Crippen LogP contribution in [0.15, 0.2) is 48.5 Å². The lowest BCUT2D eigenvalue weighted by Gasteiger charge is -2.24. The topological polar surface area (TPSA) is 49.4 Å². The molecular formula is C18H16F4N2O2. The number of para-hydroxylation sites is 1. The fourth-order valence-electron chi connectivity index (χ4n) is 2.40. The number of carbonyl (C=O) groups is 2. The minimum atomic E-state index is -4.63. The van der Waals surface area contributed by atoms with E-state index in [2.05, 4.69) is 5.32 Å². The largest absolute Gasteiger partial charge is 0.418 e. The van der Waals surface area contributed by atoms with Crippen molar-refractivity contribution in [3.05, 3.63) is 59.9 Å². The van der Waals surface area contributed by atoms with Gasteiger partial charge < -0.3 is 10.2 Å². The smallest absolute Gasteiger partial charge is 0.326 e. The summed E-state index contributed by atoms with van der Waals surface area (Å²) in [5.74, 6) is -1.71. The molecule has 2 rings (SSSR count). The number of amides is 2. The minimum Gasteiger partial charge on any atom is -0.326 e. The Bertz CT molecular complexity index is 806. The Kier molecular flexibility index (Phi) is 5.97. The molecule has 0 unspecified atom stereocenters. The first-order chi connectivity index (χ1) is 12.2. The molecule has 0 aromatic heterocycles. The van der Waals surface area contributed by atoms with Gasteiger partial charge in [-0.3, -0.25) is 9.59 Å². The van der Waals surface area contributed by atoms with E-state index in [1.54, 1.807) is 0 Å². The molecule has 0 aliphatic carbocycles. The van der Waals surface area contributed by atoms with Crippen molar-refractivity contribution in [2.45, 2.75) is 19.5 Å². The van der Waals surface area contributed by atoms with Crippen LogP contribution in [0, 0.1) is 5.82 Å². The van der Waals surface area contributed by atoms with Crippen molar-refractivity contribution >= 4 is 23.2 Å². The number of anilines is 2. The Morgan fingerprint density at radius 3 is 2.38 bits per heavy atom. The first-order valence-electron chi connectivity index (χ1n) is 7.68. The van der Waals surface area contributed by atoms with Crippen molar-refractivity contribution in [2.24, 2.45) is 0 Å². The van der Waals surface area contributed by atoms with E-state index in [0.717, 1.165) is 24.0 Å². The van der Waals surface area contributed by atoms with Crippen molar-refractivity contribution in [3.8, 4) is 0 Å². The van der Waals surface area contributed by atoms with E-state index in [1.165, 1.54) is 36.4 Å². The van der Waals surface area contributed by atoms with E-state index in [0.29, 0.717) is 0 Å². The lowest BCUT2D eigenvalue weighted by atomic mass is 10.1. The molecule has 2 aromatic carbocycles. The molecule has 0 saturated heterocycles. The second-order valence-electron chi connectivity index (χ2n) is 5.49. The molecule has 0 aliphatic rings. The summed E-state index contributed by atoms with van der Waals surface area (Å²) in [4.78, 5) is 24.7. The van der Waals surface area contributed by atoms with Crippen molar-refractivity contribution < 1.29 is 27.2 Å². The number of hydrogen-bond acceptors (Lipinski definition) is 2. The molecule has 0 spiro atoms. The van der Waals surface area contributed by atoms with Gasteiger partial charge in [-0.15, -0.1) is 0 Å². The lowest BCUT2D eigenvalue weighted by molar-refractivity contribution is -0.137. The molecule has 0 saturated carbocycles. The van der Waals surface area contributed by atoms with Gasteiger partial charge >= 0.3 is 6.18 Å². The number of nitrogens with one attached hydrogen (secondary N) is 1. The standard InChI is InChI=1S/C18H16F4N2O2/c1-12(25)24(16-8-3-2-7-15(16)18(20,21)22)10-9-17(26)23-14-6-4-5-13(19)11-14/h2-8,11H,9-10H2,1H3,(H,23,26). The Labute approximate surface area is 147 Å². The van der Waals surface area contributed by atoms with Gasteiger partial charge in [0.25, 0.3) is 0 Å². The maximum Gasteiger partial charge on any atom is 0.418 e. The number of rotatable bonds is 5. The Hall–Kier alpha value is -2.90. The molecule has 26 heavy (non-hydrogen) atoms. The van der Waals surface area contributed by atoms with Crippen LogP contribution < -0.4 is 10.2 Å². The Morgan fingerprint density at radius 2 is 1.77 bits per heavy atom. The summed E-state index contributed by atoms with van der Waals surface area (Å²) in [5.41, 5.74) is -1.05. The third kappa shape index (κ3) is 5.05. The zero-order valence-corrected chi connectivity index (χ0v) is 13.8. The molecule has 0 heterocycles. The number of hydrogen-bond donors (Lipinski definition) is 1. The predicted octanol–water partition coefficient (Wildman–Crippen LogP) is 4.23. The molecule has 8 heteroatoms. The van der Waals surface area contributed by atoms with Crippen LogP contribution in [-0.4, -0.2) is 18.4 Å². The normalized spacial score (nSPS) is 11.1. The number of alkyl halides is 3. The SMILES string of the molecule is CC(=O)N(CCC(=O)Nc1cccc(F)c1)c1ccccc1C(F)(F)F. The number of halogens is 4. The Morgan fingerprint density at radius 1 is 1.08 bits per heavy atom. The van der Waals surface area contributed by atoms with E-state index in [-0.39, 0.29) is 24.3 Å². The summed E-state index contributed by atoms with van der Waals surface area (Å²) >= 11 is 0. The van der Waals surface area contributed by atoms with Gasteiger partial charge in [0.1, 0.15) is 5.82 Å². The van der Waals surface area contributed by atoms with E-state index >= 15 is 0 Å². The monoisotopic (exact) mass is 368 g/mol. The van der Waals surface area contributed by atoms with Crippen LogP contribution in [0.4, 0.5) is 28.9 Å². The second-order valence-corrected chi connectivity index (χ2v) is 5.49. The van der Waals surface area contributed by atoms with Crippen LogP contribution in [0.5, 0.6) is 0 Å². The Balaban J connectivity index is 2.12. The third-order valence-electron chi connectivity index (χ3n) is 3.55. The summed E-state index contributed by atoms with van der Waals surface area (Å²) in [6.45, 7) is 0.876. The van der Waals surface area contributed by atoms with Gasteiger partial charge in [0.2, 0.25) is 11.8 Å². The van der Waals surface area contributed by atoms with Crippen LogP contribution in [0.1, 0.15) is 18.9 Å². The predicted molar refractivity (Wildman–Crippen MR) is 89.1 cm³/mol. The van der Waals surface area contributed by atoms with Crippen molar-refractivity contribution in [2.75, 3.05) is 16.8 Å². The zero-order chi connectivity index (χ0) is 19.3. The average molecular weight is 368 g/mol. The first-order valence-corrected chi connectivity index (χ1v) is 7.68. The molecule has 0 radical (unpaired) electrons. The summed E-state index contributed by atoms with van der Waals surface area (Å²) in [7, 11) is 0. The summed E-state index contributed by atoms with van der Waals surface area (Å²) in [6.07, 6.45) is -4.88. The highest BCUT2D eigenvalue weighted by atomic mass is 19.4. The van der Waals surface area contributed by atoms with E-state index < -0.39 is 29.4 Å². The van der Waals surface area contributed by atoms with E-state index in [1.807, 2.05) is 0 Å².